The number of hydrogen-bond donors (Lipinski definition) is 0. The largest absolute Gasteiger partial charge is 0.339 e. The lowest BCUT2D eigenvalue weighted by molar-refractivity contribution is 0.315. The Morgan fingerprint density at radius 2 is 1.94 bits per heavy atom. The predicted octanol–water partition coefficient (Wildman–Crippen LogP) is 3.68. The van der Waals surface area contributed by atoms with Crippen LogP contribution in [0.2, 0.25) is 0 Å². The van der Waals surface area contributed by atoms with Crippen LogP contribution in [0.4, 0.5) is 0 Å². The molecule has 2 radical (unpaired) electrons. The van der Waals surface area contributed by atoms with Crippen molar-refractivity contribution in [3.05, 3.63) is 78.4 Å². The summed E-state index contributed by atoms with van der Waals surface area (Å²) in [7, 11) is 0. The summed E-state index contributed by atoms with van der Waals surface area (Å²) in [6.07, 6.45) is 8.43. The molecular formula is C16H16N2. The minimum absolute atomic E-state index is 0.297. The van der Waals surface area contributed by atoms with E-state index in [1.807, 2.05) is 6.07 Å². The fourth-order valence-electron chi connectivity index (χ4n) is 2.25. The van der Waals surface area contributed by atoms with E-state index in [1.54, 1.807) is 0 Å². The second-order valence-electron chi connectivity index (χ2n) is 4.65. The van der Waals surface area contributed by atoms with Crippen LogP contribution in [0.25, 0.3) is 0 Å². The standard InChI is InChI=1S/C16H16N2/c1-13-7-6-10-16-11-17(12-18(13)16)14(2)15-8-4-3-5-9-15/h3-11,14H,1-2H3/t14-/m0/s1. The van der Waals surface area contributed by atoms with Gasteiger partial charge in [0.2, 0.25) is 6.67 Å². The van der Waals surface area contributed by atoms with Crippen LogP contribution in [0.1, 0.15) is 25.5 Å². The van der Waals surface area contributed by atoms with E-state index in [4.69, 9.17) is 0 Å². The maximum Gasteiger partial charge on any atom is 0.213 e. The van der Waals surface area contributed by atoms with Gasteiger partial charge in [-0.2, -0.15) is 0 Å². The van der Waals surface area contributed by atoms with Crippen molar-refractivity contribution in [3.8, 4) is 0 Å². The number of rotatable bonds is 2. The molecule has 2 nitrogen and oxygen atoms in total. The van der Waals surface area contributed by atoms with Crippen molar-refractivity contribution in [2.24, 2.45) is 0 Å². The number of benzene rings is 1. The highest BCUT2D eigenvalue weighted by Gasteiger charge is 2.27. The molecule has 2 heteroatoms. The molecule has 0 bridgehead atoms. The van der Waals surface area contributed by atoms with Crippen molar-refractivity contribution < 1.29 is 0 Å². The van der Waals surface area contributed by atoms with Gasteiger partial charge in [-0.3, -0.25) is 0 Å². The molecule has 2 heterocycles. The Morgan fingerprint density at radius 1 is 1.17 bits per heavy atom. The first-order valence-corrected chi connectivity index (χ1v) is 6.22. The lowest BCUT2D eigenvalue weighted by Crippen LogP contribution is -2.22. The lowest BCUT2D eigenvalue weighted by Gasteiger charge is -2.26. The zero-order valence-electron chi connectivity index (χ0n) is 10.7. The van der Waals surface area contributed by atoms with Crippen LogP contribution >= 0.6 is 0 Å². The normalized spacial score (nSPS) is 19.4. The number of nitrogens with zero attached hydrogens (tertiary/aromatic N) is 2. The van der Waals surface area contributed by atoms with Gasteiger partial charge < -0.3 is 9.80 Å². The third-order valence-corrected chi connectivity index (χ3v) is 3.40. The third-order valence-electron chi connectivity index (χ3n) is 3.40. The van der Waals surface area contributed by atoms with Crippen molar-refractivity contribution in [2.45, 2.75) is 19.9 Å². The zero-order valence-corrected chi connectivity index (χ0v) is 10.7. The maximum atomic E-state index is 3.40. The molecule has 0 saturated carbocycles. The second kappa shape index (κ2) is 4.37. The molecule has 2 aliphatic heterocycles. The average molecular weight is 236 g/mol. The first kappa shape index (κ1) is 11.1. The molecule has 0 saturated heterocycles. The van der Waals surface area contributed by atoms with Crippen molar-refractivity contribution in [3.63, 3.8) is 0 Å². The second-order valence-corrected chi connectivity index (χ2v) is 4.65. The highest BCUT2D eigenvalue weighted by atomic mass is 15.4. The van der Waals surface area contributed by atoms with Gasteiger partial charge in [0, 0.05) is 11.9 Å². The van der Waals surface area contributed by atoms with E-state index in [-0.39, 0.29) is 0 Å². The molecule has 90 valence electrons. The van der Waals surface area contributed by atoms with Gasteiger partial charge in [-0.15, -0.1) is 0 Å². The summed E-state index contributed by atoms with van der Waals surface area (Å²) in [5, 5.41) is 0. The minimum atomic E-state index is 0.297. The average Bonchev–Trinajstić information content (AvgIpc) is 2.84. The first-order chi connectivity index (χ1) is 8.75. The van der Waals surface area contributed by atoms with Crippen molar-refractivity contribution in [1.29, 1.82) is 0 Å². The monoisotopic (exact) mass is 236 g/mol. The molecule has 0 fully saturated rings. The van der Waals surface area contributed by atoms with Crippen LogP contribution < -0.4 is 0 Å². The molecule has 2 aliphatic rings. The quantitative estimate of drug-likeness (QED) is 0.773. The van der Waals surface area contributed by atoms with Crippen molar-refractivity contribution in [2.75, 3.05) is 0 Å². The van der Waals surface area contributed by atoms with Crippen LogP contribution in [0.3, 0.4) is 0 Å². The van der Waals surface area contributed by atoms with Gasteiger partial charge in [-0.05, 0) is 31.6 Å². The summed E-state index contributed by atoms with van der Waals surface area (Å²) in [4.78, 5) is 4.23. The Labute approximate surface area is 109 Å². The van der Waals surface area contributed by atoms with Crippen molar-refractivity contribution >= 4 is 0 Å². The van der Waals surface area contributed by atoms with E-state index in [2.05, 4.69) is 79.0 Å². The van der Waals surface area contributed by atoms with Gasteiger partial charge in [0.25, 0.3) is 0 Å². The van der Waals surface area contributed by atoms with Gasteiger partial charge in [0.05, 0.1) is 11.7 Å². The molecule has 0 N–H and O–H groups in total. The minimum Gasteiger partial charge on any atom is -0.339 e. The molecular weight excluding hydrogens is 220 g/mol. The van der Waals surface area contributed by atoms with E-state index >= 15 is 0 Å². The Hall–Kier alpha value is -1.96. The molecule has 0 aliphatic carbocycles. The van der Waals surface area contributed by atoms with E-state index in [9.17, 15) is 0 Å². The molecule has 18 heavy (non-hydrogen) atoms. The van der Waals surface area contributed by atoms with Crippen LogP contribution in [-0.2, 0) is 0 Å². The molecule has 0 aromatic heterocycles. The predicted molar refractivity (Wildman–Crippen MR) is 72.8 cm³/mol. The molecule has 1 atom stereocenters. The van der Waals surface area contributed by atoms with Crippen LogP contribution in [0.15, 0.2) is 66.2 Å². The SMILES string of the molecule is CC1=CC=CC2=CN([C@@H](C)c3ccccc3)[C]N12. The van der Waals surface area contributed by atoms with E-state index in [0.717, 1.165) is 0 Å². The van der Waals surface area contributed by atoms with E-state index < -0.39 is 0 Å². The summed E-state index contributed by atoms with van der Waals surface area (Å²) in [6.45, 7) is 7.69. The summed E-state index contributed by atoms with van der Waals surface area (Å²) in [5.41, 5.74) is 3.68. The van der Waals surface area contributed by atoms with Crippen molar-refractivity contribution in [1.82, 2.24) is 9.80 Å². The highest BCUT2D eigenvalue weighted by Crippen LogP contribution is 2.33. The molecule has 0 unspecified atom stereocenters. The fourth-order valence-corrected chi connectivity index (χ4v) is 2.25. The Bertz CT molecular complexity index is 525. The number of fused-ring (bicyclic) bond motifs is 1. The zero-order chi connectivity index (χ0) is 12.5. The first-order valence-electron chi connectivity index (χ1n) is 6.22. The fraction of sp³-hybridized carbons (Fsp3) is 0.188. The van der Waals surface area contributed by atoms with E-state index in [1.165, 1.54) is 17.0 Å². The van der Waals surface area contributed by atoms with Gasteiger partial charge in [0.1, 0.15) is 0 Å². The summed E-state index contributed by atoms with van der Waals surface area (Å²) >= 11 is 0. The van der Waals surface area contributed by atoms with Crippen LogP contribution in [0, 0.1) is 6.67 Å². The summed E-state index contributed by atoms with van der Waals surface area (Å²) in [5.74, 6) is 0. The highest BCUT2D eigenvalue weighted by molar-refractivity contribution is 5.36. The topological polar surface area (TPSA) is 6.48 Å². The smallest absolute Gasteiger partial charge is 0.213 e. The molecule has 1 aromatic rings. The van der Waals surface area contributed by atoms with Gasteiger partial charge in [-0.1, -0.05) is 36.4 Å². The number of allylic oxidation sites excluding steroid dienone is 4. The molecule has 0 amide bonds. The number of hydrogen-bond acceptors (Lipinski definition) is 2. The van der Waals surface area contributed by atoms with Gasteiger partial charge in [0.15, 0.2) is 0 Å². The third kappa shape index (κ3) is 1.84. The Kier molecular flexibility index (Phi) is 2.71. The van der Waals surface area contributed by atoms with Crippen LogP contribution in [-0.4, -0.2) is 9.80 Å². The van der Waals surface area contributed by atoms with Gasteiger partial charge in [-0.25, -0.2) is 0 Å². The van der Waals surface area contributed by atoms with Crippen LogP contribution in [0.5, 0.6) is 0 Å². The molecule has 3 rings (SSSR count). The van der Waals surface area contributed by atoms with Gasteiger partial charge >= 0.3 is 0 Å². The van der Waals surface area contributed by atoms with E-state index in [0.29, 0.717) is 6.04 Å². The summed E-state index contributed by atoms with van der Waals surface area (Å²) in [6, 6.07) is 10.8. The molecule has 1 aromatic carbocycles. The Balaban J connectivity index is 1.83. The Morgan fingerprint density at radius 3 is 2.67 bits per heavy atom. The summed E-state index contributed by atoms with van der Waals surface area (Å²) < 4.78 is 0. The molecule has 0 spiro atoms. The lowest BCUT2D eigenvalue weighted by atomic mass is 10.1. The maximum absolute atomic E-state index is 3.40.